The van der Waals surface area contributed by atoms with Gasteiger partial charge in [-0.1, -0.05) is 60.7 Å². The summed E-state index contributed by atoms with van der Waals surface area (Å²) in [5.74, 6) is 1.26. The first-order chi connectivity index (χ1) is 12.8. The molecule has 0 spiro atoms. The highest BCUT2D eigenvalue weighted by atomic mass is 16.5. The molecule has 4 heteroatoms. The number of fused-ring (bicyclic) bond motifs is 1. The highest BCUT2D eigenvalue weighted by molar-refractivity contribution is 5.76. The molecular formula is C22H20N2O2. The molecule has 1 atom stereocenters. The average Bonchev–Trinajstić information content (AvgIpc) is 3.07. The van der Waals surface area contributed by atoms with Gasteiger partial charge in [0.1, 0.15) is 17.7 Å². The summed E-state index contributed by atoms with van der Waals surface area (Å²) in [6.45, 7) is 0.642. The predicted octanol–water partition coefficient (Wildman–Crippen LogP) is 4.17. The maximum Gasteiger partial charge on any atom is 0.143 e. The Bertz CT molecular complexity index is 1020. The first-order valence-corrected chi connectivity index (χ1v) is 8.58. The minimum atomic E-state index is -0.873. The van der Waals surface area contributed by atoms with Crippen molar-refractivity contribution in [3.05, 3.63) is 95.8 Å². The molecule has 4 aromatic rings. The van der Waals surface area contributed by atoms with Gasteiger partial charge in [0.15, 0.2) is 0 Å². The van der Waals surface area contributed by atoms with E-state index in [1.54, 1.807) is 7.11 Å². The molecule has 0 aliphatic carbocycles. The molecule has 0 radical (unpaired) electrons. The summed E-state index contributed by atoms with van der Waals surface area (Å²) in [6, 6.07) is 25.6. The second kappa shape index (κ2) is 7.02. The lowest BCUT2D eigenvalue weighted by molar-refractivity contribution is 0.201. The van der Waals surface area contributed by atoms with Gasteiger partial charge in [0.2, 0.25) is 0 Å². The third-order valence-corrected chi connectivity index (χ3v) is 4.55. The van der Waals surface area contributed by atoms with Crippen LogP contribution in [0.2, 0.25) is 0 Å². The molecule has 0 fully saturated rings. The van der Waals surface area contributed by atoms with Crippen LogP contribution in [0.25, 0.3) is 11.0 Å². The van der Waals surface area contributed by atoms with E-state index in [1.165, 1.54) is 0 Å². The molecule has 0 saturated heterocycles. The molecule has 0 amide bonds. The zero-order valence-electron chi connectivity index (χ0n) is 14.5. The van der Waals surface area contributed by atoms with Crippen molar-refractivity contribution in [2.24, 2.45) is 0 Å². The molecule has 130 valence electrons. The number of nitrogens with zero attached hydrogens (tertiary/aromatic N) is 2. The number of rotatable bonds is 5. The second-order valence-corrected chi connectivity index (χ2v) is 6.17. The number of para-hydroxylation sites is 3. The van der Waals surface area contributed by atoms with Crippen molar-refractivity contribution in [2.45, 2.75) is 12.6 Å². The number of aromatic nitrogens is 2. The van der Waals surface area contributed by atoms with Gasteiger partial charge in [0.25, 0.3) is 0 Å². The number of methoxy groups -OCH3 is 1. The zero-order valence-corrected chi connectivity index (χ0v) is 14.5. The van der Waals surface area contributed by atoms with Gasteiger partial charge in [-0.15, -0.1) is 0 Å². The molecule has 0 bridgehead atoms. The number of aliphatic hydroxyl groups is 1. The van der Waals surface area contributed by atoms with Gasteiger partial charge in [-0.25, -0.2) is 4.98 Å². The molecule has 4 rings (SSSR count). The largest absolute Gasteiger partial charge is 0.496 e. The Morgan fingerprint density at radius 3 is 2.42 bits per heavy atom. The van der Waals surface area contributed by atoms with Crippen LogP contribution in [0.5, 0.6) is 5.75 Å². The Kier molecular flexibility index (Phi) is 4.42. The molecular weight excluding hydrogens is 324 g/mol. The monoisotopic (exact) mass is 344 g/mol. The smallest absolute Gasteiger partial charge is 0.143 e. The van der Waals surface area contributed by atoms with Crippen molar-refractivity contribution in [3.63, 3.8) is 0 Å². The Morgan fingerprint density at radius 2 is 1.62 bits per heavy atom. The van der Waals surface area contributed by atoms with Crippen LogP contribution >= 0.6 is 0 Å². The number of ether oxygens (including phenoxy) is 1. The molecule has 4 nitrogen and oxygen atoms in total. The number of aliphatic hydroxyl groups excluding tert-OH is 1. The van der Waals surface area contributed by atoms with E-state index in [1.807, 2.05) is 66.7 Å². The van der Waals surface area contributed by atoms with Crippen LogP contribution in [0.1, 0.15) is 23.1 Å². The third-order valence-electron chi connectivity index (χ3n) is 4.55. The highest BCUT2D eigenvalue weighted by Crippen LogP contribution is 2.31. The minimum absolute atomic E-state index is 0.611. The Hall–Kier alpha value is -3.11. The normalized spacial score (nSPS) is 12.2. The van der Waals surface area contributed by atoms with Crippen molar-refractivity contribution in [2.75, 3.05) is 7.11 Å². The molecule has 3 aromatic carbocycles. The van der Waals surface area contributed by atoms with Crippen molar-refractivity contribution in [3.8, 4) is 5.75 Å². The van der Waals surface area contributed by atoms with Gasteiger partial charge in [-0.2, -0.15) is 0 Å². The molecule has 1 aromatic heterocycles. The second-order valence-electron chi connectivity index (χ2n) is 6.17. The number of hydrogen-bond acceptors (Lipinski definition) is 3. The summed E-state index contributed by atoms with van der Waals surface area (Å²) < 4.78 is 7.49. The van der Waals surface area contributed by atoms with E-state index in [0.717, 1.165) is 16.6 Å². The molecule has 1 heterocycles. The molecule has 26 heavy (non-hydrogen) atoms. The van der Waals surface area contributed by atoms with E-state index < -0.39 is 6.10 Å². The first-order valence-electron chi connectivity index (χ1n) is 8.58. The van der Waals surface area contributed by atoms with Gasteiger partial charge >= 0.3 is 0 Å². The molecule has 1 N–H and O–H groups in total. The van der Waals surface area contributed by atoms with E-state index >= 15 is 0 Å². The van der Waals surface area contributed by atoms with Gasteiger partial charge in [-0.05, 0) is 23.8 Å². The van der Waals surface area contributed by atoms with Crippen LogP contribution in [0.3, 0.4) is 0 Å². The summed E-state index contributed by atoms with van der Waals surface area (Å²) in [5, 5.41) is 11.1. The lowest BCUT2D eigenvalue weighted by Crippen LogP contribution is -2.12. The SMILES string of the molecule is COc1ccccc1[C@@H](O)c1nc2ccccc2n1Cc1ccccc1. The summed E-state index contributed by atoms with van der Waals surface area (Å²) in [5.41, 5.74) is 3.73. The molecule has 0 aliphatic heterocycles. The van der Waals surface area contributed by atoms with Gasteiger partial charge in [-0.3, -0.25) is 0 Å². The van der Waals surface area contributed by atoms with Gasteiger partial charge in [0.05, 0.1) is 18.1 Å². The van der Waals surface area contributed by atoms with Crippen LogP contribution in [0.15, 0.2) is 78.9 Å². The molecule has 0 unspecified atom stereocenters. The Labute approximate surface area is 152 Å². The zero-order chi connectivity index (χ0) is 17.9. The van der Waals surface area contributed by atoms with Crippen molar-refractivity contribution in [1.82, 2.24) is 9.55 Å². The fourth-order valence-corrected chi connectivity index (χ4v) is 3.27. The molecule has 0 saturated carbocycles. The van der Waals surface area contributed by atoms with Crippen LogP contribution in [0.4, 0.5) is 0 Å². The van der Waals surface area contributed by atoms with Crippen LogP contribution < -0.4 is 4.74 Å². The number of hydrogen-bond donors (Lipinski definition) is 1. The Balaban J connectivity index is 1.85. The summed E-state index contributed by atoms with van der Waals surface area (Å²) in [7, 11) is 1.61. The van der Waals surface area contributed by atoms with Crippen molar-refractivity contribution < 1.29 is 9.84 Å². The lowest BCUT2D eigenvalue weighted by Gasteiger charge is -2.17. The van der Waals surface area contributed by atoms with Crippen LogP contribution in [0, 0.1) is 0 Å². The maximum atomic E-state index is 11.1. The van der Waals surface area contributed by atoms with E-state index in [4.69, 9.17) is 9.72 Å². The lowest BCUT2D eigenvalue weighted by atomic mass is 10.1. The fraction of sp³-hybridized carbons (Fsp3) is 0.136. The Morgan fingerprint density at radius 1 is 0.923 bits per heavy atom. The molecule has 0 aliphatic rings. The predicted molar refractivity (Wildman–Crippen MR) is 102 cm³/mol. The first kappa shape index (κ1) is 16.4. The minimum Gasteiger partial charge on any atom is -0.496 e. The summed E-state index contributed by atoms with van der Waals surface area (Å²) in [6.07, 6.45) is -0.873. The third kappa shape index (κ3) is 2.95. The summed E-state index contributed by atoms with van der Waals surface area (Å²) in [4.78, 5) is 4.72. The van der Waals surface area contributed by atoms with Crippen molar-refractivity contribution >= 4 is 11.0 Å². The highest BCUT2D eigenvalue weighted by Gasteiger charge is 2.22. The van der Waals surface area contributed by atoms with Crippen LogP contribution in [-0.2, 0) is 6.54 Å². The standard InChI is InChI=1S/C22H20N2O2/c1-26-20-14-8-5-11-17(20)21(25)22-23-18-12-6-7-13-19(18)24(22)15-16-9-3-2-4-10-16/h2-14,21,25H,15H2,1H3/t21-/m1/s1. The fourth-order valence-electron chi connectivity index (χ4n) is 3.27. The van der Waals surface area contributed by atoms with E-state index in [0.29, 0.717) is 23.7 Å². The maximum absolute atomic E-state index is 11.1. The summed E-state index contributed by atoms with van der Waals surface area (Å²) >= 11 is 0. The topological polar surface area (TPSA) is 47.3 Å². The number of benzene rings is 3. The quantitative estimate of drug-likeness (QED) is 0.591. The van der Waals surface area contributed by atoms with E-state index in [-0.39, 0.29) is 0 Å². The van der Waals surface area contributed by atoms with E-state index in [2.05, 4.69) is 16.7 Å². The number of imidazole rings is 1. The van der Waals surface area contributed by atoms with E-state index in [9.17, 15) is 5.11 Å². The van der Waals surface area contributed by atoms with Gasteiger partial charge < -0.3 is 14.4 Å². The van der Waals surface area contributed by atoms with Crippen LogP contribution in [-0.4, -0.2) is 21.8 Å². The average molecular weight is 344 g/mol. The van der Waals surface area contributed by atoms with Crippen molar-refractivity contribution in [1.29, 1.82) is 0 Å². The van der Waals surface area contributed by atoms with Gasteiger partial charge in [0, 0.05) is 12.1 Å².